The van der Waals surface area contributed by atoms with Crippen LogP contribution < -0.4 is 5.32 Å². The van der Waals surface area contributed by atoms with Crippen LogP contribution in [0.1, 0.15) is 61.0 Å². The lowest BCUT2D eigenvalue weighted by Crippen LogP contribution is -2.40. The summed E-state index contributed by atoms with van der Waals surface area (Å²) >= 11 is 0. The van der Waals surface area contributed by atoms with Gasteiger partial charge in [0.2, 0.25) is 17.6 Å². The number of piperidine rings is 1. The van der Waals surface area contributed by atoms with E-state index in [0.29, 0.717) is 41.6 Å². The van der Waals surface area contributed by atoms with E-state index >= 15 is 0 Å². The first kappa shape index (κ1) is 25.6. The highest BCUT2D eigenvalue weighted by atomic mass is 16.5. The lowest BCUT2D eigenvalue weighted by molar-refractivity contribution is -0.121. The number of likely N-dealkylation sites (tertiary alicyclic amines) is 1. The lowest BCUT2D eigenvalue weighted by Gasteiger charge is -2.31. The molecule has 2 heterocycles. The van der Waals surface area contributed by atoms with Crippen LogP contribution >= 0.6 is 0 Å². The van der Waals surface area contributed by atoms with Gasteiger partial charge in [-0.1, -0.05) is 56.3 Å². The highest BCUT2D eigenvalue weighted by Crippen LogP contribution is 2.26. The molecule has 190 valence electrons. The molecule has 1 atom stereocenters. The number of carbonyl (C=O) groups excluding carboxylic acids is 2. The van der Waals surface area contributed by atoms with Crippen LogP contribution in [0.4, 0.5) is 5.69 Å². The van der Waals surface area contributed by atoms with Crippen molar-refractivity contribution in [2.45, 2.75) is 52.5 Å². The van der Waals surface area contributed by atoms with Gasteiger partial charge in [-0.3, -0.25) is 9.69 Å². The van der Waals surface area contributed by atoms with E-state index in [1.165, 1.54) is 12.7 Å². The molecule has 1 aliphatic rings. The maximum absolute atomic E-state index is 13.1. The summed E-state index contributed by atoms with van der Waals surface area (Å²) in [4.78, 5) is 31.8. The standard InChI is InChI=1S/C28H34N4O4/c1-18-22(27(34)35-5)9-6-10-23(18)29-26(33)20-8-7-15-32(16-20)17-24-30-25(31-36-24)19-11-13-21(14-12-19)28(2,3)4/h6,9-14,20H,7-8,15-17H2,1-5H3,(H,29,33). The van der Waals surface area contributed by atoms with Gasteiger partial charge in [0, 0.05) is 17.8 Å². The van der Waals surface area contributed by atoms with Crippen LogP contribution in [0.15, 0.2) is 47.0 Å². The molecule has 1 aromatic heterocycles. The summed E-state index contributed by atoms with van der Waals surface area (Å²) in [5, 5.41) is 7.16. The first-order valence-corrected chi connectivity index (χ1v) is 12.3. The lowest BCUT2D eigenvalue weighted by atomic mass is 9.87. The molecule has 8 heteroatoms. The van der Waals surface area contributed by atoms with Crippen LogP contribution in [-0.4, -0.2) is 47.1 Å². The zero-order chi connectivity index (χ0) is 25.9. The number of nitrogens with one attached hydrogen (secondary N) is 1. The van der Waals surface area contributed by atoms with Gasteiger partial charge in [0.05, 0.1) is 25.1 Å². The van der Waals surface area contributed by atoms with Crippen molar-refractivity contribution in [2.24, 2.45) is 5.92 Å². The molecule has 2 aromatic carbocycles. The van der Waals surface area contributed by atoms with Crippen molar-refractivity contribution in [3.8, 4) is 11.4 Å². The van der Waals surface area contributed by atoms with Crippen LogP contribution in [-0.2, 0) is 21.5 Å². The number of ether oxygens (including phenoxy) is 1. The van der Waals surface area contributed by atoms with Gasteiger partial charge in [0.15, 0.2) is 0 Å². The molecular formula is C28H34N4O4. The fraction of sp³-hybridized carbons (Fsp3) is 0.429. The third-order valence-corrected chi connectivity index (χ3v) is 6.71. The Kier molecular flexibility index (Phi) is 7.54. The molecule has 3 aromatic rings. The zero-order valence-electron chi connectivity index (χ0n) is 21.6. The Morgan fingerprint density at radius 1 is 1.17 bits per heavy atom. The number of hydrogen-bond acceptors (Lipinski definition) is 7. The molecule has 36 heavy (non-hydrogen) atoms. The van der Waals surface area contributed by atoms with E-state index in [1.807, 2.05) is 12.1 Å². The van der Waals surface area contributed by atoms with E-state index in [0.717, 1.165) is 24.9 Å². The number of benzene rings is 2. The number of amides is 1. The van der Waals surface area contributed by atoms with Gasteiger partial charge in [-0.05, 0) is 55.0 Å². The summed E-state index contributed by atoms with van der Waals surface area (Å²) in [6.07, 6.45) is 1.70. The Morgan fingerprint density at radius 3 is 2.61 bits per heavy atom. The van der Waals surface area contributed by atoms with Crippen molar-refractivity contribution in [1.82, 2.24) is 15.0 Å². The monoisotopic (exact) mass is 490 g/mol. The number of nitrogens with zero attached hydrogens (tertiary/aromatic N) is 3. The maximum atomic E-state index is 13.1. The Hall–Kier alpha value is -3.52. The molecule has 0 saturated carbocycles. The van der Waals surface area contributed by atoms with Gasteiger partial charge in [0.25, 0.3) is 0 Å². The van der Waals surface area contributed by atoms with Crippen LogP contribution in [0.25, 0.3) is 11.4 Å². The Labute approximate surface area is 212 Å². The SMILES string of the molecule is COC(=O)c1cccc(NC(=O)C2CCCN(Cc3nc(-c4ccc(C(C)(C)C)cc4)no3)C2)c1C. The highest BCUT2D eigenvalue weighted by molar-refractivity contribution is 5.97. The van der Waals surface area contributed by atoms with E-state index in [9.17, 15) is 9.59 Å². The van der Waals surface area contributed by atoms with Crippen molar-refractivity contribution in [2.75, 3.05) is 25.5 Å². The third kappa shape index (κ3) is 5.82. The normalized spacial score (nSPS) is 16.5. The molecule has 0 aliphatic carbocycles. The first-order valence-electron chi connectivity index (χ1n) is 12.3. The summed E-state index contributed by atoms with van der Waals surface area (Å²) in [6.45, 7) is 10.3. The molecule has 0 bridgehead atoms. The van der Waals surface area contributed by atoms with Gasteiger partial charge in [-0.2, -0.15) is 4.98 Å². The molecule has 0 radical (unpaired) electrons. The average molecular weight is 491 g/mol. The average Bonchev–Trinajstić information content (AvgIpc) is 3.33. The fourth-order valence-corrected chi connectivity index (χ4v) is 4.50. The number of aromatic nitrogens is 2. The first-order chi connectivity index (χ1) is 17.2. The molecule has 1 fully saturated rings. The predicted molar refractivity (Wildman–Crippen MR) is 138 cm³/mol. The fourth-order valence-electron chi connectivity index (χ4n) is 4.50. The molecule has 1 N–H and O–H groups in total. The van der Waals surface area contributed by atoms with E-state index in [2.05, 4.69) is 53.3 Å². The Balaban J connectivity index is 1.38. The number of rotatable bonds is 6. The molecular weight excluding hydrogens is 456 g/mol. The molecule has 1 aliphatic heterocycles. The predicted octanol–water partition coefficient (Wildman–Crippen LogP) is 4.98. The van der Waals surface area contributed by atoms with Gasteiger partial charge >= 0.3 is 5.97 Å². The number of esters is 1. The summed E-state index contributed by atoms with van der Waals surface area (Å²) < 4.78 is 10.4. The molecule has 1 amide bonds. The number of methoxy groups -OCH3 is 1. The second kappa shape index (κ2) is 10.6. The molecule has 1 saturated heterocycles. The van der Waals surface area contributed by atoms with Crippen LogP contribution in [0.3, 0.4) is 0 Å². The van der Waals surface area contributed by atoms with Gasteiger partial charge < -0.3 is 14.6 Å². The van der Waals surface area contributed by atoms with Gasteiger partial charge in [0.1, 0.15) is 0 Å². The van der Waals surface area contributed by atoms with Crippen molar-refractivity contribution < 1.29 is 18.8 Å². The summed E-state index contributed by atoms with van der Waals surface area (Å²) in [7, 11) is 1.35. The minimum absolute atomic E-state index is 0.0602. The topological polar surface area (TPSA) is 97.6 Å². The van der Waals surface area contributed by atoms with Crippen LogP contribution in [0.2, 0.25) is 0 Å². The number of carbonyl (C=O) groups is 2. The highest BCUT2D eigenvalue weighted by Gasteiger charge is 2.28. The minimum atomic E-state index is -0.420. The van der Waals surface area contributed by atoms with Crippen molar-refractivity contribution in [3.05, 3.63) is 65.0 Å². The molecule has 1 unspecified atom stereocenters. The number of anilines is 1. The third-order valence-electron chi connectivity index (χ3n) is 6.71. The zero-order valence-corrected chi connectivity index (χ0v) is 21.6. The maximum Gasteiger partial charge on any atom is 0.338 e. The van der Waals surface area contributed by atoms with Gasteiger partial charge in [-0.15, -0.1) is 0 Å². The van der Waals surface area contributed by atoms with Crippen LogP contribution in [0.5, 0.6) is 0 Å². The van der Waals surface area contributed by atoms with Crippen molar-refractivity contribution in [1.29, 1.82) is 0 Å². The second-order valence-corrected chi connectivity index (χ2v) is 10.4. The quantitative estimate of drug-likeness (QED) is 0.487. The van der Waals surface area contributed by atoms with Crippen molar-refractivity contribution >= 4 is 17.6 Å². The number of hydrogen-bond donors (Lipinski definition) is 1. The van der Waals surface area contributed by atoms with E-state index in [-0.39, 0.29) is 17.2 Å². The summed E-state index contributed by atoms with van der Waals surface area (Å²) in [5.41, 5.74) is 4.01. The van der Waals surface area contributed by atoms with Gasteiger partial charge in [-0.25, -0.2) is 4.79 Å². The van der Waals surface area contributed by atoms with E-state index in [1.54, 1.807) is 25.1 Å². The van der Waals surface area contributed by atoms with Crippen molar-refractivity contribution in [3.63, 3.8) is 0 Å². The summed E-state index contributed by atoms with van der Waals surface area (Å²) in [6, 6.07) is 13.5. The van der Waals surface area contributed by atoms with E-state index < -0.39 is 5.97 Å². The molecule has 4 rings (SSSR count). The second-order valence-electron chi connectivity index (χ2n) is 10.4. The largest absolute Gasteiger partial charge is 0.465 e. The summed E-state index contributed by atoms with van der Waals surface area (Å²) in [5.74, 6) is 0.448. The smallest absolute Gasteiger partial charge is 0.338 e. The Morgan fingerprint density at radius 2 is 1.92 bits per heavy atom. The minimum Gasteiger partial charge on any atom is -0.465 e. The van der Waals surface area contributed by atoms with Crippen LogP contribution in [0, 0.1) is 12.8 Å². The molecule has 0 spiro atoms. The van der Waals surface area contributed by atoms with E-state index in [4.69, 9.17) is 9.26 Å². The molecule has 8 nitrogen and oxygen atoms in total. The Bertz CT molecular complexity index is 1230.